The number of benzene rings is 1. The van der Waals surface area contributed by atoms with Crippen molar-refractivity contribution in [3.05, 3.63) is 35.4 Å². The summed E-state index contributed by atoms with van der Waals surface area (Å²) >= 11 is 0. The van der Waals surface area contributed by atoms with Crippen LogP contribution < -0.4 is 5.32 Å². The molecule has 112 valence electrons. The first kappa shape index (κ1) is 15.4. The molecule has 0 amide bonds. The highest BCUT2D eigenvalue weighted by molar-refractivity contribution is 5.19. The fraction of sp³-hybridized carbons (Fsp3) is 0.625. The zero-order chi connectivity index (χ0) is 14.5. The summed E-state index contributed by atoms with van der Waals surface area (Å²) in [5.74, 6) is -0.314. The molecule has 2 nitrogen and oxygen atoms in total. The van der Waals surface area contributed by atoms with Crippen molar-refractivity contribution in [3.63, 3.8) is 0 Å². The minimum absolute atomic E-state index is 0.192. The maximum Gasteiger partial charge on any atom is 0.130 e. The van der Waals surface area contributed by atoms with Gasteiger partial charge < -0.3 is 5.32 Å². The molecule has 1 fully saturated rings. The van der Waals surface area contributed by atoms with Crippen LogP contribution in [0.25, 0.3) is 0 Å². The van der Waals surface area contributed by atoms with E-state index in [0.29, 0.717) is 18.5 Å². The van der Waals surface area contributed by atoms with Crippen molar-refractivity contribution in [1.82, 2.24) is 10.2 Å². The van der Waals surface area contributed by atoms with Crippen molar-refractivity contribution in [2.45, 2.75) is 39.3 Å². The van der Waals surface area contributed by atoms with Gasteiger partial charge in [-0.2, -0.15) is 0 Å². The van der Waals surface area contributed by atoms with Crippen LogP contribution in [0.3, 0.4) is 0 Å². The Bertz CT molecular complexity index is 416. The van der Waals surface area contributed by atoms with Crippen molar-refractivity contribution in [1.29, 1.82) is 0 Å². The number of nitrogens with zero attached hydrogens (tertiary/aromatic N) is 1. The molecule has 1 N–H and O–H groups in total. The van der Waals surface area contributed by atoms with Gasteiger partial charge in [0.15, 0.2) is 0 Å². The molecule has 1 aromatic carbocycles. The third-order valence-corrected chi connectivity index (χ3v) is 4.29. The Hall–Kier alpha value is -1.00. The number of hydrogen-bond donors (Lipinski definition) is 1. The van der Waals surface area contributed by atoms with E-state index >= 15 is 0 Å². The van der Waals surface area contributed by atoms with Crippen LogP contribution in [0.15, 0.2) is 18.2 Å². The second-order valence-corrected chi connectivity index (χ2v) is 5.74. The van der Waals surface area contributed by atoms with Gasteiger partial charge in [-0.15, -0.1) is 0 Å². The highest BCUT2D eigenvalue weighted by atomic mass is 19.1. The summed E-state index contributed by atoms with van der Waals surface area (Å²) < 4.78 is 27.5. The van der Waals surface area contributed by atoms with E-state index in [0.717, 1.165) is 32.5 Å². The van der Waals surface area contributed by atoms with Crippen LogP contribution in [0.1, 0.15) is 32.3 Å². The monoisotopic (exact) mass is 282 g/mol. The number of hydrogen-bond acceptors (Lipinski definition) is 2. The number of halogens is 2. The predicted molar refractivity (Wildman–Crippen MR) is 77.5 cm³/mol. The lowest BCUT2D eigenvalue weighted by molar-refractivity contribution is 0.226. The fourth-order valence-corrected chi connectivity index (χ4v) is 2.74. The van der Waals surface area contributed by atoms with Gasteiger partial charge in [-0.3, -0.25) is 4.90 Å². The second kappa shape index (κ2) is 7.14. The Morgan fingerprint density at radius 1 is 1.35 bits per heavy atom. The number of rotatable bonds is 4. The van der Waals surface area contributed by atoms with Gasteiger partial charge in [-0.05, 0) is 37.6 Å². The second-order valence-electron chi connectivity index (χ2n) is 5.74. The molecule has 2 unspecified atom stereocenters. The Kier molecular flexibility index (Phi) is 5.49. The van der Waals surface area contributed by atoms with Gasteiger partial charge in [-0.25, -0.2) is 8.78 Å². The molecule has 1 aromatic rings. The van der Waals surface area contributed by atoms with E-state index in [1.807, 2.05) is 0 Å². The molecule has 1 aliphatic heterocycles. The molecular formula is C16H24F2N2. The van der Waals surface area contributed by atoms with Gasteiger partial charge in [0.25, 0.3) is 0 Å². The lowest BCUT2D eigenvalue weighted by atomic mass is 9.99. The molecule has 1 aliphatic rings. The van der Waals surface area contributed by atoms with Gasteiger partial charge in [-0.1, -0.05) is 26.3 Å². The van der Waals surface area contributed by atoms with E-state index in [1.165, 1.54) is 18.2 Å². The molecular weight excluding hydrogens is 258 g/mol. The van der Waals surface area contributed by atoms with Crippen LogP contribution in [-0.2, 0) is 6.54 Å². The van der Waals surface area contributed by atoms with Crippen molar-refractivity contribution >= 4 is 0 Å². The van der Waals surface area contributed by atoms with Crippen LogP contribution in [0.4, 0.5) is 8.78 Å². The zero-order valence-corrected chi connectivity index (χ0v) is 12.3. The average molecular weight is 282 g/mol. The SMILES string of the molecule is CCC(C)C1CN(Cc2c(F)cccc2F)CCCN1. The Balaban J connectivity index is 2.07. The van der Waals surface area contributed by atoms with E-state index in [4.69, 9.17) is 0 Å². The molecule has 4 heteroatoms. The summed E-state index contributed by atoms with van der Waals surface area (Å²) in [6, 6.07) is 4.49. The van der Waals surface area contributed by atoms with Crippen molar-refractivity contribution in [3.8, 4) is 0 Å². The third-order valence-electron chi connectivity index (χ3n) is 4.29. The van der Waals surface area contributed by atoms with Gasteiger partial charge in [0.05, 0.1) is 0 Å². The summed E-state index contributed by atoms with van der Waals surface area (Å²) in [7, 11) is 0. The zero-order valence-electron chi connectivity index (χ0n) is 12.3. The summed E-state index contributed by atoms with van der Waals surface area (Å²) in [6.45, 7) is 7.47. The number of nitrogens with one attached hydrogen (secondary N) is 1. The normalized spacial score (nSPS) is 22.5. The standard InChI is InChI=1S/C16H24F2N2/c1-3-12(2)16-11-20(9-5-8-19-16)10-13-14(17)6-4-7-15(13)18/h4,6-7,12,16,19H,3,5,8-11H2,1-2H3. The largest absolute Gasteiger partial charge is 0.312 e. The quantitative estimate of drug-likeness (QED) is 0.912. The van der Waals surface area contributed by atoms with E-state index in [2.05, 4.69) is 24.1 Å². The first-order chi connectivity index (χ1) is 9.61. The molecule has 0 spiro atoms. The van der Waals surface area contributed by atoms with Gasteiger partial charge >= 0.3 is 0 Å². The Morgan fingerprint density at radius 2 is 2.05 bits per heavy atom. The predicted octanol–water partition coefficient (Wildman–Crippen LogP) is 3.17. The summed E-state index contributed by atoms with van der Waals surface area (Å²) in [5.41, 5.74) is 0.192. The molecule has 0 aliphatic carbocycles. The van der Waals surface area contributed by atoms with Crippen LogP contribution in [-0.4, -0.2) is 30.6 Å². The molecule has 0 aromatic heterocycles. The first-order valence-corrected chi connectivity index (χ1v) is 7.50. The third kappa shape index (κ3) is 3.76. The Morgan fingerprint density at radius 3 is 2.70 bits per heavy atom. The summed E-state index contributed by atoms with van der Waals surface area (Å²) in [5, 5.41) is 3.55. The molecule has 2 atom stereocenters. The van der Waals surface area contributed by atoms with E-state index in [1.54, 1.807) is 0 Å². The van der Waals surface area contributed by atoms with Crippen molar-refractivity contribution in [2.24, 2.45) is 5.92 Å². The van der Waals surface area contributed by atoms with Crippen LogP contribution in [0.2, 0.25) is 0 Å². The first-order valence-electron chi connectivity index (χ1n) is 7.50. The van der Waals surface area contributed by atoms with Crippen molar-refractivity contribution < 1.29 is 8.78 Å². The lowest BCUT2D eigenvalue weighted by Crippen LogP contribution is -2.41. The minimum atomic E-state index is -0.442. The fourth-order valence-electron chi connectivity index (χ4n) is 2.74. The smallest absolute Gasteiger partial charge is 0.130 e. The maximum atomic E-state index is 13.7. The van der Waals surface area contributed by atoms with E-state index in [-0.39, 0.29) is 5.56 Å². The average Bonchev–Trinajstić information content (AvgIpc) is 2.68. The van der Waals surface area contributed by atoms with Crippen LogP contribution in [0.5, 0.6) is 0 Å². The molecule has 0 bridgehead atoms. The van der Waals surface area contributed by atoms with Gasteiger partial charge in [0, 0.05) is 24.7 Å². The molecule has 1 saturated heterocycles. The molecule has 20 heavy (non-hydrogen) atoms. The molecule has 1 heterocycles. The highest BCUT2D eigenvalue weighted by Gasteiger charge is 2.23. The van der Waals surface area contributed by atoms with Gasteiger partial charge in [0.2, 0.25) is 0 Å². The topological polar surface area (TPSA) is 15.3 Å². The molecule has 2 rings (SSSR count). The lowest BCUT2D eigenvalue weighted by Gasteiger charge is -2.28. The minimum Gasteiger partial charge on any atom is -0.312 e. The summed E-state index contributed by atoms with van der Waals surface area (Å²) in [6.07, 6.45) is 2.13. The van der Waals surface area contributed by atoms with Crippen LogP contribution in [0, 0.1) is 17.6 Å². The molecule has 0 radical (unpaired) electrons. The van der Waals surface area contributed by atoms with Crippen molar-refractivity contribution in [2.75, 3.05) is 19.6 Å². The van der Waals surface area contributed by atoms with E-state index < -0.39 is 11.6 Å². The molecule has 0 saturated carbocycles. The maximum absolute atomic E-state index is 13.7. The van der Waals surface area contributed by atoms with Crippen LogP contribution >= 0.6 is 0 Å². The highest BCUT2D eigenvalue weighted by Crippen LogP contribution is 2.18. The van der Waals surface area contributed by atoms with Gasteiger partial charge in [0.1, 0.15) is 11.6 Å². The summed E-state index contributed by atoms with van der Waals surface area (Å²) in [4.78, 5) is 2.16. The Labute approximate surface area is 120 Å². The van der Waals surface area contributed by atoms with E-state index in [9.17, 15) is 8.78 Å².